The van der Waals surface area contributed by atoms with Gasteiger partial charge >= 0.3 is 0 Å². The summed E-state index contributed by atoms with van der Waals surface area (Å²) in [5.74, 6) is 0.934. The minimum Gasteiger partial charge on any atom is -0.317 e. The van der Waals surface area contributed by atoms with Crippen molar-refractivity contribution in [2.24, 2.45) is 11.3 Å². The van der Waals surface area contributed by atoms with Gasteiger partial charge in [0.1, 0.15) is 0 Å². The fraction of sp³-hybridized carbons (Fsp3) is 1.00. The van der Waals surface area contributed by atoms with Crippen molar-refractivity contribution in [3.05, 3.63) is 0 Å². The summed E-state index contributed by atoms with van der Waals surface area (Å²) in [7, 11) is 0. The van der Waals surface area contributed by atoms with Gasteiger partial charge in [-0.2, -0.15) is 0 Å². The molecule has 2 aliphatic rings. The van der Waals surface area contributed by atoms with Gasteiger partial charge in [-0.25, -0.2) is 0 Å². The van der Waals surface area contributed by atoms with Crippen LogP contribution in [-0.2, 0) is 0 Å². The lowest BCUT2D eigenvalue weighted by Crippen LogP contribution is -2.35. The standard InChI is InChI=1S/C13H26N2/c1-2-5-13(6-7-13)11-15-10-12-3-8-14-9-4-12/h12,14-15H,2-11H2,1H3. The lowest BCUT2D eigenvalue weighted by Gasteiger charge is -2.24. The molecule has 0 aromatic rings. The second-order valence-corrected chi connectivity index (χ2v) is 5.57. The highest BCUT2D eigenvalue weighted by Gasteiger charge is 2.40. The van der Waals surface area contributed by atoms with E-state index in [1.165, 1.54) is 64.7 Å². The Morgan fingerprint density at radius 3 is 2.60 bits per heavy atom. The number of rotatable bonds is 6. The first-order valence-electron chi connectivity index (χ1n) is 6.76. The van der Waals surface area contributed by atoms with Crippen molar-refractivity contribution in [2.75, 3.05) is 26.2 Å². The fourth-order valence-corrected chi connectivity index (χ4v) is 2.85. The maximum absolute atomic E-state index is 3.71. The second kappa shape index (κ2) is 5.31. The first-order valence-corrected chi connectivity index (χ1v) is 6.76. The predicted octanol–water partition coefficient (Wildman–Crippen LogP) is 2.16. The third-order valence-corrected chi connectivity index (χ3v) is 4.13. The molecule has 0 unspecified atom stereocenters. The molecule has 0 amide bonds. The molecule has 88 valence electrons. The van der Waals surface area contributed by atoms with Crippen molar-refractivity contribution < 1.29 is 0 Å². The topological polar surface area (TPSA) is 24.1 Å². The molecule has 0 aromatic heterocycles. The minimum atomic E-state index is 0.724. The van der Waals surface area contributed by atoms with Crippen LogP contribution in [0.4, 0.5) is 0 Å². The van der Waals surface area contributed by atoms with Gasteiger partial charge in [0.05, 0.1) is 0 Å². The molecular formula is C13H26N2. The molecule has 2 rings (SSSR count). The quantitative estimate of drug-likeness (QED) is 0.702. The van der Waals surface area contributed by atoms with Crippen LogP contribution in [0.3, 0.4) is 0 Å². The molecule has 1 saturated carbocycles. The van der Waals surface area contributed by atoms with E-state index in [0.29, 0.717) is 0 Å². The summed E-state index contributed by atoms with van der Waals surface area (Å²) in [5.41, 5.74) is 0.724. The molecule has 0 atom stereocenters. The highest BCUT2D eigenvalue weighted by atomic mass is 14.9. The van der Waals surface area contributed by atoms with E-state index >= 15 is 0 Å². The first kappa shape index (κ1) is 11.4. The molecule has 0 bridgehead atoms. The van der Waals surface area contributed by atoms with Gasteiger partial charge in [0.15, 0.2) is 0 Å². The second-order valence-electron chi connectivity index (χ2n) is 5.57. The van der Waals surface area contributed by atoms with Crippen LogP contribution in [0.5, 0.6) is 0 Å². The van der Waals surface area contributed by atoms with E-state index in [4.69, 9.17) is 0 Å². The molecule has 2 fully saturated rings. The highest BCUT2D eigenvalue weighted by Crippen LogP contribution is 2.48. The van der Waals surface area contributed by atoms with Crippen LogP contribution in [0.1, 0.15) is 45.4 Å². The van der Waals surface area contributed by atoms with Crippen LogP contribution < -0.4 is 10.6 Å². The van der Waals surface area contributed by atoms with Crippen LogP contribution in [0, 0.1) is 11.3 Å². The molecule has 2 N–H and O–H groups in total. The Morgan fingerprint density at radius 2 is 2.00 bits per heavy atom. The number of hydrogen-bond acceptors (Lipinski definition) is 2. The summed E-state index contributed by atoms with van der Waals surface area (Å²) in [5, 5.41) is 7.14. The average molecular weight is 210 g/mol. The molecule has 1 aliphatic heterocycles. The Balaban J connectivity index is 1.58. The van der Waals surface area contributed by atoms with Gasteiger partial charge in [0, 0.05) is 6.54 Å². The summed E-state index contributed by atoms with van der Waals surface area (Å²) in [6.45, 7) is 7.31. The third kappa shape index (κ3) is 3.46. The van der Waals surface area contributed by atoms with Crippen molar-refractivity contribution in [3.63, 3.8) is 0 Å². The Labute approximate surface area is 94.2 Å². The van der Waals surface area contributed by atoms with Crippen molar-refractivity contribution in [2.45, 2.75) is 45.4 Å². The van der Waals surface area contributed by atoms with E-state index in [1.807, 2.05) is 0 Å². The molecule has 2 nitrogen and oxygen atoms in total. The van der Waals surface area contributed by atoms with Crippen LogP contribution in [-0.4, -0.2) is 26.2 Å². The lowest BCUT2D eigenvalue weighted by atomic mass is 9.97. The van der Waals surface area contributed by atoms with E-state index in [-0.39, 0.29) is 0 Å². The maximum atomic E-state index is 3.71. The van der Waals surface area contributed by atoms with Crippen LogP contribution in [0.2, 0.25) is 0 Å². The van der Waals surface area contributed by atoms with E-state index in [1.54, 1.807) is 0 Å². The largest absolute Gasteiger partial charge is 0.317 e. The third-order valence-electron chi connectivity index (χ3n) is 4.13. The van der Waals surface area contributed by atoms with E-state index < -0.39 is 0 Å². The SMILES string of the molecule is CCCC1(CNCC2CCNCC2)CC1. The Bertz CT molecular complexity index is 181. The minimum absolute atomic E-state index is 0.724. The van der Waals surface area contributed by atoms with Crippen molar-refractivity contribution in [1.82, 2.24) is 10.6 Å². The Morgan fingerprint density at radius 1 is 1.27 bits per heavy atom. The molecule has 2 heteroatoms. The zero-order valence-corrected chi connectivity index (χ0v) is 10.1. The summed E-state index contributed by atoms with van der Waals surface area (Å²) in [6, 6.07) is 0. The molecular weight excluding hydrogens is 184 g/mol. The van der Waals surface area contributed by atoms with E-state index in [0.717, 1.165) is 11.3 Å². The monoisotopic (exact) mass is 210 g/mol. The van der Waals surface area contributed by atoms with Crippen LogP contribution in [0.25, 0.3) is 0 Å². The average Bonchev–Trinajstić information content (AvgIpc) is 3.00. The lowest BCUT2D eigenvalue weighted by molar-refractivity contribution is 0.334. The molecule has 0 aromatic carbocycles. The summed E-state index contributed by atoms with van der Waals surface area (Å²) in [6.07, 6.45) is 8.48. The van der Waals surface area contributed by atoms with E-state index in [9.17, 15) is 0 Å². The highest BCUT2D eigenvalue weighted by molar-refractivity contribution is 4.94. The van der Waals surface area contributed by atoms with Crippen LogP contribution >= 0.6 is 0 Å². The number of piperidine rings is 1. The normalized spacial score (nSPS) is 25.4. The van der Waals surface area contributed by atoms with Crippen molar-refractivity contribution >= 4 is 0 Å². The number of nitrogens with one attached hydrogen (secondary N) is 2. The molecule has 1 aliphatic carbocycles. The Hall–Kier alpha value is -0.0800. The zero-order valence-electron chi connectivity index (χ0n) is 10.1. The maximum Gasteiger partial charge on any atom is 0.000793 e. The molecule has 15 heavy (non-hydrogen) atoms. The van der Waals surface area contributed by atoms with Gasteiger partial charge < -0.3 is 10.6 Å². The van der Waals surface area contributed by atoms with E-state index in [2.05, 4.69) is 17.6 Å². The summed E-state index contributed by atoms with van der Waals surface area (Å²) in [4.78, 5) is 0. The number of hydrogen-bond donors (Lipinski definition) is 2. The smallest absolute Gasteiger partial charge is 0.000793 e. The predicted molar refractivity (Wildman–Crippen MR) is 65.0 cm³/mol. The van der Waals surface area contributed by atoms with Crippen LogP contribution in [0.15, 0.2) is 0 Å². The van der Waals surface area contributed by atoms with Gasteiger partial charge in [0.25, 0.3) is 0 Å². The molecule has 0 radical (unpaired) electrons. The molecule has 1 saturated heterocycles. The van der Waals surface area contributed by atoms with Gasteiger partial charge in [-0.3, -0.25) is 0 Å². The van der Waals surface area contributed by atoms with Gasteiger partial charge in [0.2, 0.25) is 0 Å². The Kier molecular flexibility index (Phi) is 4.04. The zero-order chi connectivity index (χ0) is 10.6. The van der Waals surface area contributed by atoms with Crippen molar-refractivity contribution in [1.29, 1.82) is 0 Å². The van der Waals surface area contributed by atoms with Gasteiger partial charge in [-0.15, -0.1) is 0 Å². The summed E-state index contributed by atoms with van der Waals surface area (Å²) < 4.78 is 0. The van der Waals surface area contributed by atoms with Crippen molar-refractivity contribution in [3.8, 4) is 0 Å². The van der Waals surface area contributed by atoms with Gasteiger partial charge in [-0.1, -0.05) is 13.3 Å². The van der Waals surface area contributed by atoms with Gasteiger partial charge in [-0.05, 0) is 63.1 Å². The summed E-state index contributed by atoms with van der Waals surface area (Å²) >= 11 is 0. The molecule has 0 spiro atoms. The molecule has 1 heterocycles. The fourth-order valence-electron chi connectivity index (χ4n) is 2.85. The first-order chi connectivity index (χ1) is 7.35.